The molecule has 0 aliphatic rings. The highest BCUT2D eigenvalue weighted by atomic mass is 32.1. The van der Waals surface area contributed by atoms with E-state index in [1.54, 1.807) is 13.3 Å². The number of hydrogen-bond acceptors (Lipinski definition) is 3. The Labute approximate surface area is 61.8 Å². The lowest BCUT2D eigenvalue weighted by molar-refractivity contribution is 0.322. The summed E-state index contributed by atoms with van der Waals surface area (Å²) < 4.78 is 15.8. The fourth-order valence-corrected chi connectivity index (χ4v) is 1.05. The van der Waals surface area contributed by atoms with Gasteiger partial charge in [-0.3, -0.25) is 4.57 Å². The lowest BCUT2D eigenvalue weighted by Gasteiger charge is -2.05. The molecular weight excluding hydrogens is 155 g/mol. The van der Waals surface area contributed by atoms with Gasteiger partial charge >= 0.3 is 0 Å². The second kappa shape index (κ2) is 4.37. The van der Waals surface area contributed by atoms with Gasteiger partial charge in [-0.05, 0) is 12.2 Å². The predicted octanol–water partition coefficient (Wildman–Crippen LogP) is 1.86. The largest absolute Gasteiger partial charge is 0.329 e. The molecule has 0 fully saturated rings. The van der Waals surface area contributed by atoms with Crippen molar-refractivity contribution in [2.24, 2.45) is 0 Å². The Morgan fingerprint density at radius 1 is 1.56 bits per heavy atom. The molecule has 0 bridgehead atoms. The van der Waals surface area contributed by atoms with Gasteiger partial charge in [-0.15, -0.1) is 0 Å². The molecule has 0 unspecified atom stereocenters. The molecule has 0 rings (SSSR count). The normalized spacial score (nSPS) is 11.9. The lowest BCUT2D eigenvalue weighted by Crippen LogP contribution is -1.91. The summed E-state index contributed by atoms with van der Waals surface area (Å²) in [6, 6.07) is 0. The topological polar surface area (TPSA) is 26.3 Å². The van der Waals surface area contributed by atoms with Crippen LogP contribution in [0.5, 0.6) is 0 Å². The predicted molar refractivity (Wildman–Crippen MR) is 43.9 cm³/mol. The Bertz CT molecular complexity index is 110. The standard InChI is InChI=1S/C5H13O2PS/c1-8(2,6)7-4-3-5-9/h9H,3-5H2,1-2H3. The van der Waals surface area contributed by atoms with Crippen LogP contribution >= 0.6 is 20.0 Å². The van der Waals surface area contributed by atoms with Gasteiger partial charge in [-0.2, -0.15) is 12.6 Å². The third-order valence-corrected chi connectivity index (χ3v) is 1.83. The summed E-state index contributed by atoms with van der Waals surface area (Å²) in [6.07, 6.45) is 0.870. The Morgan fingerprint density at radius 2 is 2.11 bits per heavy atom. The minimum atomic E-state index is -2.23. The minimum Gasteiger partial charge on any atom is -0.329 e. The van der Waals surface area contributed by atoms with Crippen LogP contribution in [0.3, 0.4) is 0 Å². The Morgan fingerprint density at radius 3 is 2.44 bits per heavy atom. The van der Waals surface area contributed by atoms with Gasteiger partial charge in [0, 0.05) is 13.3 Å². The maximum atomic E-state index is 10.8. The zero-order valence-corrected chi connectivity index (χ0v) is 7.62. The van der Waals surface area contributed by atoms with Crippen LogP contribution in [0.25, 0.3) is 0 Å². The highest BCUT2D eigenvalue weighted by Gasteiger charge is 2.04. The zero-order valence-electron chi connectivity index (χ0n) is 5.83. The molecule has 0 spiro atoms. The van der Waals surface area contributed by atoms with E-state index >= 15 is 0 Å². The average Bonchev–Trinajstić information content (AvgIpc) is 1.63. The van der Waals surface area contributed by atoms with Crippen LogP contribution in [0, 0.1) is 0 Å². The van der Waals surface area contributed by atoms with E-state index in [-0.39, 0.29) is 0 Å². The molecule has 0 aliphatic heterocycles. The van der Waals surface area contributed by atoms with Crippen molar-refractivity contribution in [3.63, 3.8) is 0 Å². The van der Waals surface area contributed by atoms with Gasteiger partial charge in [-0.25, -0.2) is 0 Å². The van der Waals surface area contributed by atoms with E-state index in [9.17, 15) is 4.57 Å². The van der Waals surface area contributed by atoms with E-state index in [0.29, 0.717) is 6.61 Å². The molecule has 0 atom stereocenters. The highest BCUT2D eigenvalue weighted by molar-refractivity contribution is 7.80. The van der Waals surface area contributed by atoms with Crippen molar-refractivity contribution in [3.05, 3.63) is 0 Å². The fourth-order valence-electron chi connectivity index (χ4n) is 0.349. The van der Waals surface area contributed by atoms with Crippen LogP contribution in [-0.4, -0.2) is 25.7 Å². The van der Waals surface area contributed by atoms with Gasteiger partial charge in [0.15, 0.2) is 7.37 Å². The molecule has 0 saturated carbocycles. The Balaban J connectivity index is 3.18. The first-order valence-electron chi connectivity index (χ1n) is 2.86. The van der Waals surface area contributed by atoms with E-state index < -0.39 is 7.37 Å². The molecule has 0 amide bonds. The van der Waals surface area contributed by atoms with Crippen molar-refractivity contribution in [2.45, 2.75) is 6.42 Å². The molecule has 9 heavy (non-hydrogen) atoms. The smallest absolute Gasteiger partial charge is 0.197 e. The highest BCUT2D eigenvalue weighted by Crippen LogP contribution is 2.36. The summed E-state index contributed by atoms with van der Waals surface area (Å²) in [5.41, 5.74) is 0. The van der Waals surface area contributed by atoms with Crippen molar-refractivity contribution in [1.82, 2.24) is 0 Å². The first-order chi connectivity index (χ1) is 4.06. The third-order valence-electron chi connectivity index (χ3n) is 0.705. The quantitative estimate of drug-likeness (QED) is 0.394. The van der Waals surface area contributed by atoms with Gasteiger partial charge in [0.25, 0.3) is 0 Å². The monoisotopic (exact) mass is 168 g/mol. The second-order valence-corrected chi connectivity index (χ2v) is 5.37. The van der Waals surface area contributed by atoms with Crippen molar-refractivity contribution in [2.75, 3.05) is 25.7 Å². The summed E-state index contributed by atoms with van der Waals surface area (Å²) in [5, 5.41) is 0. The SMILES string of the molecule is CP(C)(=O)OCCCS. The van der Waals surface area contributed by atoms with Crippen LogP contribution in [0.2, 0.25) is 0 Å². The summed E-state index contributed by atoms with van der Waals surface area (Å²) >= 11 is 3.98. The van der Waals surface area contributed by atoms with Gasteiger partial charge in [0.1, 0.15) is 0 Å². The van der Waals surface area contributed by atoms with E-state index in [0.717, 1.165) is 12.2 Å². The molecule has 2 nitrogen and oxygen atoms in total. The fraction of sp³-hybridized carbons (Fsp3) is 1.00. The van der Waals surface area contributed by atoms with Crippen molar-refractivity contribution in [3.8, 4) is 0 Å². The first-order valence-corrected chi connectivity index (χ1v) is 6.02. The van der Waals surface area contributed by atoms with Crippen LogP contribution < -0.4 is 0 Å². The molecule has 0 N–H and O–H groups in total. The minimum absolute atomic E-state index is 0.563. The molecule has 0 aromatic rings. The maximum Gasteiger partial charge on any atom is 0.197 e. The summed E-state index contributed by atoms with van der Waals surface area (Å²) in [5.74, 6) is 0.792. The molecule has 0 radical (unpaired) electrons. The first kappa shape index (κ1) is 9.54. The summed E-state index contributed by atoms with van der Waals surface area (Å²) in [4.78, 5) is 0. The van der Waals surface area contributed by atoms with Gasteiger partial charge in [0.05, 0.1) is 6.61 Å². The maximum absolute atomic E-state index is 10.8. The van der Waals surface area contributed by atoms with E-state index in [2.05, 4.69) is 12.6 Å². The molecule has 0 aliphatic carbocycles. The van der Waals surface area contributed by atoms with E-state index in [4.69, 9.17) is 4.52 Å². The summed E-state index contributed by atoms with van der Waals surface area (Å²) in [7, 11) is -2.23. The van der Waals surface area contributed by atoms with Crippen molar-refractivity contribution >= 4 is 20.0 Å². The number of rotatable bonds is 4. The number of hydrogen-bond donors (Lipinski definition) is 1. The third kappa shape index (κ3) is 8.54. The molecular formula is C5H13O2PS. The molecule has 0 saturated heterocycles. The molecule has 0 aromatic heterocycles. The van der Waals surface area contributed by atoms with Crippen molar-refractivity contribution < 1.29 is 9.09 Å². The van der Waals surface area contributed by atoms with Crippen LogP contribution in [0.4, 0.5) is 0 Å². The van der Waals surface area contributed by atoms with Crippen LogP contribution in [0.15, 0.2) is 0 Å². The second-order valence-electron chi connectivity index (χ2n) is 2.16. The van der Waals surface area contributed by atoms with Gasteiger partial charge < -0.3 is 4.52 Å². The zero-order chi connectivity index (χ0) is 7.33. The average molecular weight is 168 g/mol. The lowest BCUT2D eigenvalue weighted by atomic mass is 10.5. The molecule has 56 valence electrons. The van der Waals surface area contributed by atoms with Gasteiger partial charge in [0.2, 0.25) is 0 Å². The van der Waals surface area contributed by atoms with Gasteiger partial charge in [-0.1, -0.05) is 0 Å². The number of thiol groups is 1. The Hall–Kier alpha value is 0.540. The Kier molecular flexibility index (Phi) is 4.63. The molecule has 0 aromatic carbocycles. The van der Waals surface area contributed by atoms with E-state index in [1.807, 2.05) is 0 Å². The molecule has 0 heterocycles. The van der Waals surface area contributed by atoms with Crippen molar-refractivity contribution in [1.29, 1.82) is 0 Å². The summed E-state index contributed by atoms with van der Waals surface area (Å²) in [6.45, 7) is 3.80. The van der Waals surface area contributed by atoms with Crippen LogP contribution in [0.1, 0.15) is 6.42 Å². The van der Waals surface area contributed by atoms with Crippen LogP contribution in [-0.2, 0) is 9.09 Å². The molecule has 4 heteroatoms. The van der Waals surface area contributed by atoms with E-state index in [1.165, 1.54) is 0 Å².